The zero-order valence-corrected chi connectivity index (χ0v) is 23.4. The number of hydrogen-bond acceptors (Lipinski definition) is 6. The molecule has 3 aromatic rings. The van der Waals surface area contributed by atoms with Crippen LogP contribution in [0.2, 0.25) is 0 Å². The Labute approximate surface area is 231 Å². The molecule has 0 saturated carbocycles. The summed E-state index contributed by atoms with van der Waals surface area (Å²) in [4.78, 5) is 17.8. The van der Waals surface area contributed by atoms with E-state index in [9.17, 15) is 4.79 Å². The summed E-state index contributed by atoms with van der Waals surface area (Å²) in [5.74, 6) is 3.24. The molecule has 2 aliphatic rings. The van der Waals surface area contributed by atoms with Gasteiger partial charge in [-0.1, -0.05) is 45.0 Å². The fraction of sp³-hybridized carbons (Fsp3) is 0.406. The number of benzene rings is 3. The lowest BCUT2D eigenvalue weighted by Crippen LogP contribution is -2.48. The van der Waals surface area contributed by atoms with Crippen molar-refractivity contribution in [1.29, 1.82) is 0 Å². The van der Waals surface area contributed by atoms with E-state index in [2.05, 4.69) is 37.8 Å². The van der Waals surface area contributed by atoms with E-state index >= 15 is 0 Å². The molecule has 2 aliphatic heterocycles. The summed E-state index contributed by atoms with van der Waals surface area (Å²) < 4.78 is 23.1. The van der Waals surface area contributed by atoms with Gasteiger partial charge in [-0.15, -0.1) is 0 Å². The average Bonchev–Trinajstić information content (AvgIpc) is 3.40. The summed E-state index contributed by atoms with van der Waals surface area (Å²) in [7, 11) is 0. The number of rotatable bonds is 8. The molecule has 0 aromatic heterocycles. The third-order valence-corrected chi connectivity index (χ3v) is 7.19. The Hall–Kier alpha value is -3.71. The van der Waals surface area contributed by atoms with Crippen LogP contribution >= 0.6 is 0 Å². The highest BCUT2D eigenvalue weighted by molar-refractivity contribution is 5.94. The maximum Gasteiger partial charge on any atom is 0.253 e. The van der Waals surface area contributed by atoms with Crippen molar-refractivity contribution in [2.24, 2.45) is 0 Å². The van der Waals surface area contributed by atoms with E-state index < -0.39 is 0 Å². The maximum atomic E-state index is 13.5. The predicted molar refractivity (Wildman–Crippen MR) is 151 cm³/mol. The summed E-state index contributed by atoms with van der Waals surface area (Å²) in [5.41, 5.74) is 3.82. The van der Waals surface area contributed by atoms with Gasteiger partial charge >= 0.3 is 0 Å². The van der Waals surface area contributed by atoms with Crippen molar-refractivity contribution >= 4 is 5.91 Å². The Bertz CT molecular complexity index is 1310. The minimum atomic E-state index is -0.0397. The molecule has 1 fully saturated rings. The first kappa shape index (κ1) is 26.9. The number of amides is 1. The van der Waals surface area contributed by atoms with Gasteiger partial charge in [-0.2, -0.15) is 0 Å². The molecule has 0 bridgehead atoms. The number of ether oxygens (including phenoxy) is 4. The van der Waals surface area contributed by atoms with Gasteiger partial charge in [0.1, 0.15) is 18.1 Å². The van der Waals surface area contributed by atoms with Gasteiger partial charge in [0.2, 0.25) is 6.79 Å². The number of piperazine rings is 1. The van der Waals surface area contributed by atoms with Crippen LogP contribution in [0.5, 0.6) is 23.0 Å². The smallest absolute Gasteiger partial charge is 0.253 e. The lowest BCUT2D eigenvalue weighted by molar-refractivity contribution is 0.0628. The first-order chi connectivity index (χ1) is 18.8. The second-order valence-electron chi connectivity index (χ2n) is 11.0. The Morgan fingerprint density at radius 1 is 0.872 bits per heavy atom. The van der Waals surface area contributed by atoms with Crippen LogP contribution in [0.25, 0.3) is 0 Å². The van der Waals surface area contributed by atoms with Crippen molar-refractivity contribution in [2.45, 2.75) is 46.3 Å². The Morgan fingerprint density at radius 3 is 2.41 bits per heavy atom. The maximum absolute atomic E-state index is 13.5. The Morgan fingerprint density at radius 2 is 1.64 bits per heavy atom. The number of fused-ring (bicyclic) bond motifs is 1. The molecule has 3 aromatic carbocycles. The van der Waals surface area contributed by atoms with E-state index in [1.165, 1.54) is 5.56 Å². The lowest BCUT2D eigenvalue weighted by Gasteiger charge is -2.35. The molecule has 2 heterocycles. The topological polar surface area (TPSA) is 60.5 Å². The first-order valence-electron chi connectivity index (χ1n) is 13.7. The van der Waals surface area contributed by atoms with E-state index in [1.54, 1.807) is 0 Å². The van der Waals surface area contributed by atoms with Crippen molar-refractivity contribution in [3.05, 3.63) is 82.9 Å². The molecule has 1 saturated heterocycles. The zero-order chi connectivity index (χ0) is 27.4. The van der Waals surface area contributed by atoms with Crippen LogP contribution in [0.1, 0.15) is 54.7 Å². The molecular weight excluding hydrogens is 492 g/mol. The summed E-state index contributed by atoms with van der Waals surface area (Å²) >= 11 is 0. The van der Waals surface area contributed by atoms with Gasteiger partial charge in [0.25, 0.3) is 5.91 Å². The zero-order valence-electron chi connectivity index (χ0n) is 23.4. The molecule has 0 atom stereocenters. The van der Waals surface area contributed by atoms with Crippen molar-refractivity contribution in [1.82, 2.24) is 9.80 Å². The molecule has 0 N–H and O–H groups in total. The first-order valence-corrected chi connectivity index (χ1v) is 13.7. The average molecular weight is 531 g/mol. The van der Waals surface area contributed by atoms with Crippen molar-refractivity contribution in [3.63, 3.8) is 0 Å². The normalized spacial score (nSPS) is 15.3. The second-order valence-corrected chi connectivity index (χ2v) is 11.0. The van der Waals surface area contributed by atoms with E-state index in [0.717, 1.165) is 53.8 Å². The van der Waals surface area contributed by atoms with Crippen LogP contribution in [0.15, 0.2) is 60.7 Å². The van der Waals surface area contributed by atoms with Gasteiger partial charge in [0.05, 0.1) is 6.61 Å². The molecule has 0 radical (unpaired) electrons. The number of para-hydroxylation sites is 1. The van der Waals surface area contributed by atoms with Gasteiger partial charge < -0.3 is 23.8 Å². The molecule has 7 nitrogen and oxygen atoms in total. The number of carbonyl (C=O) groups is 1. The summed E-state index contributed by atoms with van der Waals surface area (Å²) in [6.07, 6.45) is 0. The molecule has 39 heavy (non-hydrogen) atoms. The molecule has 7 heteroatoms. The highest BCUT2D eigenvalue weighted by Crippen LogP contribution is 2.34. The van der Waals surface area contributed by atoms with Crippen LogP contribution in [0.4, 0.5) is 0 Å². The minimum absolute atomic E-state index is 0.0390. The predicted octanol–water partition coefficient (Wildman–Crippen LogP) is 5.65. The SMILES string of the molecule is CCOc1ccc(C(=O)N2CCN(Cc3ccc4c(c3)OCO4)CC2)cc1COc1ccccc1C(C)(C)C. The van der Waals surface area contributed by atoms with Crippen LogP contribution in [0.3, 0.4) is 0 Å². The third kappa shape index (κ3) is 6.31. The fourth-order valence-corrected chi connectivity index (χ4v) is 5.08. The molecule has 5 rings (SSSR count). The number of hydrogen-bond donors (Lipinski definition) is 0. The van der Waals surface area contributed by atoms with Gasteiger partial charge in [-0.05, 0) is 59.9 Å². The molecule has 0 unspecified atom stereocenters. The summed E-state index contributed by atoms with van der Waals surface area (Å²) in [5, 5.41) is 0. The van der Waals surface area contributed by atoms with Crippen LogP contribution in [-0.2, 0) is 18.6 Å². The van der Waals surface area contributed by atoms with Crippen molar-refractivity contribution in [2.75, 3.05) is 39.6 Å². The number of carbonyl (C=O) groups excluding carboxylic acids is 1. The van der Waals surface area contributed by atoms with Crippen LogP contribution in [0, 0.1) is 0 Å². The van der Waals surface area contributed by atoms with Gasteiger partial charge in [-0.3, -0.25) is 9.69 Å². The standard InChI is InChI=1S/C32H38N2O5/c1-5-36-27-13-11-24(19-25(27)21-37-28-9-7-6-8-26(28)32(2,3)4)31(35)34-16-14-33(15-17-34)20-23-10-12-29-30(18-23)39-22-38-29/h6-13,18-19H,5,14-17,20-22H2,1-4H3. The highest BCUT2D eigenvalue weighted by atomic mass is 16.7. The Kier molecular flexibility index (Phi) is 7.98. The van der Waals surface area contributed by atoms with Crippen molar-refractivity contribution in [3.8, 4) is 23.0 Å². The highest BCUT2D eigenvalue weighted by Gasteiger charge is 2.24. The van der Waals surface area contributed by atoms with E-state index in [1.807, 2.05) is 60.4 Å². The lowest BCUT2D eigenvalue weighted by atomic mass is 9.86. The largest absolute Gasteiger partial charge is 0.493 e. The van der Waals surface area contributed by atoms with Gasteiger partial charge in [0.15, 0.2) is 11.5 Å². The van der Waals surface area contributed by atoms with E-state index in [4.69, 9.17) is 18.9 Å². The van der Waals surface area contributed by atoms with E-state index in [0.29, 0.717) is 31.9 Å². The summed E-state index contributed by atoms with van der Waals surface area (Å²) in [6.45, 7) is 13.5. The fourth-order valence-electron chi connectivity index (χ4n) is 5.08. The number of nitrogens with zero attached hydrogens (tertiary/aromatic N) is 2. The van der Waals surface area contributed by atoms with Crippen LogP contribution < -0.4 is 18.9 Å². The van der Waals surface area contributed by atoms with Gasteiger partial charge in [-0.25, -0.2) is 0 Å². The third-order valence-electron chi connectivity index (χ3n) is 7.19. The van der Waals surface area contributed by atoms with Crippen molar-refractivity contribution < 1.29 is 23.7 Å². The van der Waals surface area contributed by atoms with E-state index in [-0.39, 0.29) is 18.1 Å². The molecule has 1 amide bonds. The monoisotopic (exact) mass is 530 g/mol. The molecule has 0 aliphatic carbocycles. The summed E-state index contributed by atoms with van der Waals surface area (Å²) in [6, 6.07) is 19.9. The second kappa shape index (κ2) is 11.6. The molecule has 0 spiro atoms. The van der Waals surface area contributed by atoms with Gasteiger partial charge in [0, 0.05) is 43.9 Å². The Balaban J connectivity index is 1.23. The molecule has 206 valence electrons. The van der Waals surface area contributed by atoms with Crippen LogP contribution in [-0.4, -0.2) is 55.3 Å². The molecular formula is C32H38N2O5. The quantitative estimate of drug-likeness (QED) is 0.375. The minimum Gasteiger partial charge on any atom is -0.493 e.